The molecule has 3 aliphatic carbocycles. The van der Waals surface area contributed by atoms with Gasteiger partial charge in [0.05, 0.1) is 68.3 Å². The average molecular weight is 1240 g/mol. The van der Waals surface area contributed by atoms with Crippen LogP contribution < -0.4 is 52.8 Å². The first-order valence-electron chi connectivity index (χ1n) is 31.3. The van der Waals surface area contributed by atoms with Crippen molar-refractivity contribution in [3.05, 3.63) is 289 Å². The number of hydrogen-bond acceptors (Lipinski definition) is 12. The summed E-state index contributed by atoms with van der Waals surface area (Å²) in [5.41, 5.74) is 18.6. The molecule has 0 fully saturated rings. The zero-order chi connectivity index (χ0) is 64.6. The van der Waals surface area contributed by atoms with E-state index in [0.29, 0.717) is 0 Å². The van der Waals surface area contributed by atoms with Crippen LogP contribution >= 0.6 is 0 Å². The van der Waals surface area contributed by atoms with Gasteiger partial charge >= 0.3 is 0 Å². The first kappa shape index (κ1) is 60.1. The van der Waals surface area contributed by atoms with Gasteiger partial charge in [-0.1, -0.05) is 37.3 Å². The van der Waals surface area contributed by atoms with E-state index < -0.39 is 5.41 Å². The lowest BCUT2D eigenvalue weighted by Gasteiger charge is -2.38. The number of anilines is 11. The molecule has 0 radical (unpaired) electrons. The molecule has 468 valence electrons. The van der Waals surface area contributed by atoms with E-state index in [0.717, 1.165) is 153 Å². The Labute approximate surface area is 549 Å². The van der Waals surface area contributed by atoms with Gasteiger partial charge in [-0.15, -0.1) is 0 Å². The molecule has 94 heavy (non-hydrogen) atoms. The minimum atomic E-state index is -1.00. The van der Waals surface area contributed by atoms with Crippen LogP contribution in [-0.4, -0.2) is 62.9 Å². The first-order valence-corrected chi connectivity index (χ1v) is 31.3. The lowest BCUT2D eigenvalue weighted by Crippen LogP contribution is -2.36. The zero-order valence-electron chi connectivity index (χ0n) is 54.0. The summed E-state index contributed by atoms with van der Waals surface area (Å²) in [4.78, 5) is 9.42. The highest BCUT2D eigenvalue weighted by atomic mass is 16.5. The third-order valence-electron chi connectivity index (χ3n) is 18.6. The van der Waals surface area contributed by atoms with Crippen molar-refractivity contribution in [2.75, 3.05) is 76.5 Å². The van der Waals surface area contributed by atoms with E-state index in [9.17, 15) is 0 Å². The third kappa shape index (κ3) is 10.6. The molecule has 2 atom stereocenters. The maximum Gasteiger partial charge on any atom is 0.119 e. The molecule has 0 saturated carbocycles. The van der Waals surface area contributed by atoms with Crippen molar-refractivity contribution in [3.63, 3.8) is 0 Å². The molecule has 0 saturated heterocycles. The molecule has 14 rings (SSSR count). The standard InChI is InChI=1S/C82H72N4O8/c1-53-48-72(94-9)42-47-81(53)86(60-22-40-71(93-8)41-23-60)64-27-46-76-75-45-26-63(85(58-18-36-69(91-6)37-19-58)59-20-38-70(92-7)39-21-59)51-79(75)82(80(76)52-64)77-49-61(83(54-10-28-65(87-2)29-11-54)55-12-30-66(88-3)31-13-55)24-43-73(77)74-44-25-62(50-78(74)82)84(56-14-32-67(89-4)33-15-56)57-16-34-68(90-5)35-17-57/h10-53,81H,1-9H3. The minimum Gasteiger partial charge on any atom is -0.497 e. The molecule has 2 unspecified atom stereocenters. The largest absolute Gasteiger partial charge is 0.497 e. The van der Waals surface area contributed by atoms with Gasteiger partial charge in [0.15, 0.2) is 0 Å². The van der Waals surface area contributed by atoms with E-state index >= 15 is 0 Å². The fourth-order valence-corrected chi connectivity index (χ4v) is 14.0. The van der Waals surface area contributed by atoms with Crippen LogP contribution in [0.3, 0.4) is 0 Å². The van der Waals surface area contributed by atoms with E-state index in [1.165, 1.54) is 0 Å². The second kappa shape index (κ2) is 25.3. The van der Waals surface area contributed by atoms with Crippen LogP contribution in [0.4, 0.5) is 62.6 Å². The molecule has 0 amide bonds. The van der Waals surface area contributed by atoms with Crippen molar-refractivity contribution in [1.29, 1.82) is 0 Å². The van der Waals surface area contributed by atoms with Crippen LogP contribution in [0.1, 0.15) is 29.2 Å². The summed E-state index contributed by atoms with van der Waals surface area (Å²) in [6.07, 6.45) is 6.57. The molecule has 1 spiro atoms. The predicted octanol–water partition coefficient (Wildman–Crippen LogP) is 19.7. The number of ether oxygens (including phenoxy) is 8. The minimum absolute atomic E-state index is 0.0488. The SMILES string of the molecule is COC1=CC(C)C(N(c2ccc(OC)cc2)c2ccc3c(c2)C2(c4cc(N(c5ccc(OC)cc5)c5ccc(OC)cc5)ccc4-c4ccc(N(c5ccc(OC)cc5)c5ccc(OC)cc5)cc42)c2cc(N(c4ccc(OC)cc4)c4ccc(OC)cc4)ccc2-3)C=C1. The van der Waals surface area contributed by atoms with E-state index in [4.69, 9.17) is 37.9 Å². The Balaban J connectivity index is 1.09. The number of nitrogens with zero attached hydrogens (tertiary/aromatic N) is 4. The van der Waals surface area contributed by atoms with Gasteiger partial charge in [0.25, 0.3) is 0 Å². The quantitative estimate of drug-likeness (QED) is 0.0728. The van der Waals surface area contributed by atoms with Crippen molar-refractivity contribution in [2.45, 2.75) is 18.4 Å². The van der Waals surface area contributed by atoms with Crippen molar-refractivity contribution in [2.24, 2.45) is 5.92 Å². The summed E-state index contributed by atoms with van der Waals surface area (Å²) >= 11 is 0. The van der Waals surface area contributed by atoms with Gasteiger partial charge in [0.1, 0.15) is 46.0 Å². The van der Waals surface area contributed by atoms with Gasteiger partial charge in [-0.05, 0) is 275 Å². The maximum absolute atomic E-state index is 5.86. The van der Waals surface area contributed by atoms with Gasteiger partial charge in [-0.3, -0.25) is 0 Å². The normalized spacial score (nSPS) is 14.3. The van der Waals surface area contributed by atoms with Crippen LogP contribution in [0.5, 0.6) is 40.2 Å². The molecule has 11 aromatic rings. The lowest BCUT2D eigenvalue weighted by molar-refractivity contribution is 0.299. The summed E-state index contributed by atoms with van der Waals surface area (Å²) in [7, 11) is 13.6. The smallest absolute Gasteiger partial charge is 0.119 e. The summed E-state index contributed by atoms with van der Waals surface area (Å²) in [6, 6.07) is 86.0. The van der Waals surface area contributed by atoms with Crippen LogP contribution in [0.25, 0.3) is 22.3 Å². The van der Waals surface area contributed by atoms with Crippen LogP contribution in [0.15, 0.2) is 267 Å². The van der Waals surface area contributed by atoms with E-state index in [2.05, 4.69) is 202 Å². The topological polar surface area (TPSA) is 86.8 Å². The van der Waals surface area contributed by atoms with Crippen molar-refractivity contribution in [1.82, 2.24) is 0 Å². The van der Waals surface area contributed by atoms with Crippen LogP contribution in [0, 0.1) is 5.92 Å². The van der Waals surface area contributed by atoms with Gasteiger partial charge in [0, 0.05) is 68.5 Å². The first-order chi connectivity index (χ1) is 46.1. The fraction of sp³-hybridized carbons (Fsp3) is 0.146. The monoisotopic (exact) mass is 1240 g/mol. The molecule has 12 heteroatoms. The number of hydrogen-bond donors (Lipinski definition) is 0. The Hall–Kier alpha value is -11.5. The molecule has 11 aromatic carbocycles. The summed E-state index contributed by atoms with van der Waals surface area (Å²) in [5.74, 6) is 6.22. The Morgan fingerprint density at radius 3 is 0.745 bits per heavy atom. The second-order valence-corrected chi connectivity index (χ2v) is 23.4. The Morgan fingerprint density at radius 2 is 0.500 bits per heavy atom. The van der Waals surface area contributed by atoms with Gasteiger partial charge < -0.3 is 57.5 Å². The molecule has 0 bridgehead atoms. The zero-order valence-corrected chi connectivity index (χ0v) is 54.0. The number of methoxy groups -OCH3 is 8. The van der Waals surface area contributed by atoms with E-state index in [-0.39, 0.29) is 12.0 Å². The van der Waals surface area contributed by atoms with Crippen molar-refractivity contribution >= 4 is 62.6 Å². The average Bonchev–Trinajstić information content (AvgIpc) is 1.50. The molecule has 0 N–H and O–H groups in total. The highest BCUT2D eigenvalue weighted by Crippen LogP contribution is 2.66. The van der Waals surface area contributed by atoms with Gasteiger partial charge in [-0.2, -0.15) is 0 Å². The summed E-state index contributed by atoms with van der Waals surface area (Å²) in [6.45, 7) is 2.26. The van der Waals surface area contributed by atoms with Crippen LogP contribution in [-0.2, 0) is 10.2 Å². The second-order valence-electron chi connectivity index (χ2n) is 23.4. The summed E-state index contributed by atoms with van der Waals surface area (Å²) in [5, 5.41) is 0. The third-order valence-corrected chi connectivity index (χ3v) is 18.6. The predicted molar refractivity (Wildman–Crippen MR) is 378 cm³/mol. The molecule has 12 nitrogen and oxygen atoms in total. The molecule has 3 aliphatic rings. The molecular formula is C82H72N4O8. The number of fused-ring (bicyclic) bond motifs is 10. The molecule has 0 aliphatic heterocycles. The fourth-order valence-electron chi connectivity index (χ4n) is 14.0. The Bertz CT molecular complexity index is 4160. The Kier molecular flexibility index (Phi) is 16.2. The maximum atomic E-state index is 5.86. The van der Waals surface area contributed by atoms with Crippen LogP contribution in [0.2, 0.25) is 0 Å². The Morgan fingerprint density at radius 1 is 0.266 bits per heavy atom. The number of allylic oxidation sites excluding steroid dienone is 1. The van der Waals surface area contributed by atoms with Gasteiger partial charge in [-0.25, -0.2) is 0 Å². The summed E-state index contributed by atoms with van der Waals surface area (Å²) < 4.78 is 46.2. The highest BCUT2D eigenvalue weighted by molar-refractivity contribution is 6.00. The van der Waals surface area contributed by atoms with Crippen molar-refractivity contribution < 1.29 is 37.9 Å². The number of benzene rings is 11. The lowest BCUT2D eigenvalue weighted by atomic mass is 9.70. The molecule has 0 aromatic heterocycles. The van der Waals surface area contributed by atoms with Gasteiger partial charge in [0.2, 0.25) is 0 Å². The number of rotatable bonds is 20. The van der Waals surface area contributed by atoms with Crippen molar-refractivity contribution in [3.8, 4) is 62.5 Å². The molecule has 0 heterocycles. The molecular weight excluding hydrogens is 1170 g/mol. The highest BCUT2D eigenvalue weighted by Gasteiger charge is 2.53. The van der Waals surface area contributed by atoms with E-state index in [1.54, 1.807) is 56.9 Å². The van der Waals surface area contributed by atoms with E-state index in [1.807, 2.05) is 84.9 Å².